The van der Waals surface area contributed by atoms with Gasteiger partial charge in [0, 0.05) is 30.3 Å². The number of nitrogens with zero attached hydrogens (tertiary/aromatic N) is 2. The fourth-order valence-electron chi connectivity index (χ4n) is 2.72. The van der Waals surface area contributed by atoms with Gasteiger partial charge in [-0.1, -0.05) is 12.1 Å². The fraction of sp³-hybridized carbons (Fsp3) is 0.263. The average molecular weight is 323 g/mol. The number of fused-ring (bicyclic) bond motifs is 1. The first kappa shape index (κ1) is 16.1. The highest BCUT2D eigenvalue weighted by molar-refractivity contribution is 5.94. The van der Waals surface area contributed by atoms with E-state index in [1.54, 1.807) is 7.11 Å². The number of H-pyrrole nitrogens is 1. The van der Waals surface area contributed by atoms with Crippen LogP contribution in [-0.4, -0.2) is 41.0 Å². The highest BCUT2D eigenvalue weighted by Crippen LogP contribution is 2.24. The van der Waals surface area contributed by atoms with Gasteiger partial charge in [-0.3, -0.25) is 4.79 Å². The van der Waals surface area contributed by atoms with E-state index in [0.717, 1.165) is 28.2 Å². The third-order valence-corrected chi connectivity index (χ3v) is 4.14. The molecule has 1 aromatic heterocycles. The lowest BCUT2D eigenvalue weighted by Gasteiger charge is -2.18. The zero-order valence-corrected chi connectivity index (χ0v) is 14.2. The van der Waals surface area contributed by atoms with Gasteiger partial charge in [-0.25, -0.2) is 4.98 Å². The summed E-state index contributed by atoms with van der Waals surface area (Å²) in [4.78, 5) is 22.1. The first-order chi connectivity index (χ1) is 11.7. The topological polar surface area (TPSA) is 58.2 Å². The van der Waals surface area contributed by atoms with Gasteiger partial charge in [-0.05, 0) is 38.1 Å². The summed E-state index contributed by atoms with van der Waals surface area (Å²) in [7, 11) is 1.64. The number of ether oxygens (including phenoxy) is 1. The Morgan fingerprint density at radius 1 is 1.12 bits per heavy atom. The minimum absolute atomic E-state index is 0.0564. The second kappa shape index (κ2) is 6.74. The zero-order valence-electron chi connectivity index (χ0n) is 14.2. The van der Waals surface area contributed by atoms with Crippen LogP contribution in [0.2, 0.25) is 0 Å². The van der Waals surface area contributed by atoms with Crippen LogP contribution < -0.4 is 4.74 Å². The summed E-state index contributed by atoms with van der Waals surface area (Å²) in [5, 5.41) is 0. The van der Waals surface area contributed by atoms with Crippen molar-refractivity contribution < 1.29 is 9.53 Å². The third kappa shape index (κ3) is 2.97. The maximum atomic E-state index is 12.4. The quantitative estimate of drug-likeness (QED) is 0.778. The lowest BCUT2D eigenvalue weighted by atomic mass is 10.1. The molecular weight excluding hydrogens is 302 g/mol. The molecule has 2 aromatic carbocycles. The minimum Gasteiger partial charge on any atom is -0.497 e. The number of hydrogen-bond acceptors (Lipinski definition) is 3. The van der Waals surface area contributed by atoms with E-state index >= 15 is 0 Å². The molecule has 24 heavy (non-hydrogen) atoms. The molecule has 0 aliphatic rings. The summed E-state index contributed by atoms with van der Waals surface area (Å²) >= 11 is 0. The van der Waals surface area contributed by atoms with Crippen LogP contribution in [0.1, 0.15) is 24.2 Å². The van der Waals surface area contributed by atoms with Crippen molar-refractivity contribution >= 4 is 16.9 Å². The molecule has 5 nitrogen and oxygen atoms in total. The van der Waals surface area contributed by atoms with E-state index in [9.17, 15) is 4.79 Å². The molecule has 0 radical (unpaired) electrons. The SMILES string of the molecule is CCN(CC)C(=O)c1ccc(-c2nc3ccc(OC)cc3[nH]2)cc1. The van der Waals surface area contributed by atoms with Crippen molar-refractivity contribution in [2.24, 2.45) is 0 Å². The lowest BCUT2D eigenvalue weighted by Crippen LogP contribution is -2.30. The van der Waals surface area contributed by atoms with E-state index in [0.29, 0.717) is 18.7 Å². The van der Waals surface area contributed by atoms with Crippen LogP contribution in [0.4, 0.5) is 0 Å². The van der Waals surface area contributed by atoms with Crippen molar-refractivity contribution in [3.8, 4) is 17.1 Å². The summed E-state index contributed by atoms with van der Waals surface area (Å²) < 4.78 is 5.23. The number of aromatic nitrogens is 2. The van der Waals surface area contributed by atoms with Crippen LogP contribution in [0.15, 0.2) is 42.5 Å². The molecule has 0 aliphatic heterocycles. The molecule has 3 aromatic rings. The highest BCUT2D eigenvalue weighted by atomic mass is 16.5. The molecule has 1 N–H and O–H groups in total. The monoisotopic (exact) mass is 323 g/mol. The van der Waals surface area contributed by atoms with Crippen LogP contribution in [-0.2, 0) is 0 Å². The summed E-state index contributed by atoms with van der Waals surface area (Å²) in [6.45, 7) is 5.39. The number of carbonyl (C=O) groups excluding carboxylic acids is 1. The van der Waals surface area contributed by atoms with Crippen LogP contribution in [0.3, 0.4) is 0 Å². The van der Waals surface area contributed by atoms with Crippen molar-refractivity contribution in [3.63, 3.8) is 0 Å². The number of rotatable bonds is 5. The maximum absolute atomic E-state index is 12.4. The number of amides is 1. The van der Waals surface area contributed by atoms with Crippen LogP contribution in [0, 0.1) is 0 Å². The Balaban J connectivity index is 1.89. The van der Waals surface area contributed by atoms with Gasteiger partial charge >= 0.3 is 0 Å². The molecule has 1 amide bonds. The van der Waals surface area contributed by atoms with Gasteiger partial charge in [-0.2, -0.15) is 0 Å². The Bertz CT molecular complexity index is 849. The molecule has 0 saturated carbocycles. The maximum Gasteiger partial charge on any atom is 0.253 e. The molecule has 124 valence electrons. The Kier molecular flexibility index (Phi) is 4.51. The number of benzene rings is 2. The number of aromatic amines is 1. The second-order valence-corrected chi connectivity index (χ2v) is 5.52. The minimum atomic E-state index is 0.0564. The smallest absolute Gasteiger partial charge is 0.253 e. The molecule has 0 bridgehead atoms. The standard InChI is InChI=1S/C19H21N3O2/c1-4-22(5-2)19(23)14-8-6-13(7-9-14)18-20-16-11-10-15(24-3)12-17(16)21-18/h6-12H,4-5H2,1-3H3,(H,20,21). The van der Waals surface area contributed by atoms with Crippen molar-refractivity contribution in [2.45, 2.75) is 13.8 Å². The average Bonchev–Trinajstić information content (AvgIpc) is 3.05. The van der Waals surface area contributed by atoms with Gasteiger partial charge in [0.25, 0.3) is 5.91 Å². The van der Waals surface area contributed by atoms with Gasteiger partial charge in [-0.15, -0.1) is 0 Å². The number of imidazole rings is 1. The fourth-order valence-corrected chi connectivity index (χ4v) is 2.72. The third-order valence-electron chi connectivity index (χ3n) is 4.14. The molecule has 0 unspecified atom stereocenters. The largest absolute Gasteiger partial charge is 0.497 e. The Labute approximate surface area is 141 Å². The Morgan fingerprint density at radius 3 is 2.46 bits per heavy atom. The van der Waals surface area contributed by atoms with E-state index < -0.39 is 0 Å². The normalized spacial score (nSPS) is 10.8. The predicted octanol–water partition coefficient (Wildman–Crippen LogP) is 3.72. The highest BCUT2D eigenvalue weighted by Gasteiger charge is 2.13. The van der Waals surface area contributed by atoms with E-state index in [1.165, 1.54) is 0 Å². The molecule has 1 heterocycles. The van der Waals surface area contributed by atoms with Crippen molar-refractivity contribution in [3.05, 3.63) is 48.0 Å². The molecule has 0 aliphatic carbocycles. The van der Waals surface area contributed by atoms with E-state index in [2.05, 4.69) is 9.97 Å². The first-order valence-corrected chi connectivity index (χ1v) is 8.09. The second-order valence-electron chi connectivity index (χ2n) is 5.52. The molecule has 0 spiro atoms. The Hall–Kier alpha value is -2.82. The van der Waals surface area contributed by atoms with Crippen molar-refractivity contribution in [2.75, 3.05) is 20.2 Å². The Morgan fingerprint density at radius 2 is 1.83 bits per heavy atom. The summed E-state index contributed by atoms with van der Waals surface area (Å²) in [5.41, 5.74) is 3.45. The van der Waals surface area contributed by atoms with E-state index in [4.69, 9.17) is 4.74 Å². The number of methoxy groups -OCH3 is 1. The van der Waals surface area contributed by atoms with Gasteiger partial charge < -0.3 is 14.6 Å². The molecule has 0 fully saturated rings. The number of hydrogen-bond donors (Lipinski definition) is 1. The predicted molar refractivity (Wildman–Crippen MR) is 95.3 cm³/mol. The molecule has 0 atom stereocenters. The molecular formula is C19H21N3O2. The van der Waals surface area contributed by atoms with Gasteiger partial charge in [0.15, 0.2) is 0 Å². The van der Waals surface area contributed by atoms with Crippen molar-refractivity contribution in [1.29, 1.82) is 0 Å². The van der Waals surface area contributed by atoms with E-state index in [-0.39, 0.29) is 5.91 Å². The molecule has 5 heteroatoms. The number of carbonyl (C=O) groups is 1. The van der Waals surface area contributed by atoms with Crippen LogP contribution >= 0.6 is 0 Å². The summed E-state index contributed by atoms with van der Waals surface area (Å²) in [6.07, 6.45) is 0. The first-order valence-electron chi connectivity index (χ1n) is 8.09. The number of nitrogens with one attached hydrogen (secondary N) is 1. The molecule has 0 saturated heterocycles. The van der Waals surface area contributed by atoms with Gasteiger partial charge in [0.1, 0.15) is 11.6 Å². The van der Waals surface area contributed by atoms with Gasteiger partial charge in [0.2, 0.25) is 0 Å². The van der Waals surface area contributed by atoms with Gasteiger partial charge in [0.05, 0.1) is 18.1 Å². The summed E-state index contributed by atoms with van der Waals surface area (Å²) in [6, 6.07) is 13.3. The summed E-state index contributed by atoms with van der Waals surface area (Å²) in [5.74, 6) is 1.62. The zero-order chi connectivity index (χ0) is 17.1. The van der Waals surface area contributed by atoms with Crippen molar-refractivity contribution in [1.82, 2.24) is 14.9 Å². The lowest BCUT2D eigenvalue weighted by molar-refractivity contribution is 0.0773. The van der Waals surface area contributed by atoms with Crippen LogP contribution in [0.25, 0.3) is 22.4 Å². The van der Waals surface area contributed by atoms with Crippen LogP contribution in [0.5, 0.6) is 5.75 Å². The van der Waals surface area contributed by atoms with E-state index in [1.807, 2.05) is 61.2 Å². The molecule has 3 rings (SSSR count).